The number of hydrogen-bond acceptors (Lipinski definition) is 4. The lowest BCUT2D eigenvalue weighted by atomic mass is 9.84. The average Bonchev–Trinajstić information content (AvgIpc) is 2.41. The molecule has 0 atom stereocenters. The lowest BCUT2D eigenvalue weighted by Gasteiger charge is -2.16. The Labute approximate surface area is 125 Å². The average molecular weight is 336 g/mol. The van der Waals surface area contributed by atoms with E-state index in [1.807, 2.05) is 24.3 Å². The molecule has 1 saturated carbocycles. The Balaban J connectivity index is 1.96. The largest absolute Gasteiger partial charge is 0.362 e. The minimum atomic E-state index is -1.09. The van der Waals surface area contributed by atoms with E-state index in [1.54, 1.807) is 0 Å². The number of hydrogen-bond donors (Lipinski definition) is 1. The van der Waals surface area contributed by atoms with Crippen molar-refractivity contribution in [2.45, 2.75) is 19.3 Å². The van der Waals surface area contributed by atoms with Crippen LogP contribution in [0.25, 0.3) is 0 Å². The zero-order valence-electron chi connectivity index (χ0n) is 10.8. The highest BCUT2D eigenvalue weighted by molar-refractivity contribution is 9.10. The van der Waals surface area contributed by atoms with Crippen LogP contribution >= 0.6 is 15.9 Å². The van der Waals surface area contributed by atoms with Gasteiger partial charge in [-0.1, -0.05) is 15.9 Å². The van der Waals surface area contributed by atoms with Crippen LogP contribution in [-0.4, -0.2) is 17.3 Å². The highest BCUT2D eigenvalue weighted by Gasteiger charge is 2.34. The van der Waals surface area contributed by atoms with Gasteiger partial charge in [0, 0.05) is 29.2 Å². The van der Waals surface area contributed by atoms with Gasteiger partial charge in [0.2, 0.25) is 0 Å². The van der Waals surface area contributed by atoms with Gasteiger partial charge in [-0.25, -0.2) is 0 Å². The molecule has 1 aliphatic rings. The maximum absolute atomic E-state index is 11.9. The number of halogens is 1. The summed E-state index contributed by atoms with van der Waals surface area (Å²) < 4.78 is 0.960. The highest BCUT2D eigenvalue weighted by Crippen LogP contribution is 2.19. The number of benzene rings is 1. The van der Waals surface area contributed by atoms with E-state index in [4.69, 9.17) is 0 Å². The Morgan fingerprint density at radius 2 is 1.75 bits per heavy atom. The molecule has 5 heteroatoms. The molecule has 0 radical (unpaired) electrons. The molecule has 1 aromatic carbocycles. The normalized spacial score (nSPS) is 16.6. The zero-order chi connectivity index (χ0) is 14.5. The molecule has 0 amide bonds. The van der Waals surface area contributed by atoms with Crippen LogP contribution in [0, 0.1) is 5.92 Å². The second-order valence-corrected chi connectivity index (χ2v) is 5.52. The molecular formula is C15H14BrNO3. The quantitative estimate of drug-likeness (QED) is 0.678. The predicted octanol–water partition coefficient (Wildman–Crippen LogP) is 2.88. The van der Waals surface area contributed by atoms with E-state index >= 15 is 0 Å². The van der Waals surface area contributed by atoms with E-state index in [0.29, 0.717) is 19.3 Å². The fourth-order valence-corrected chi connectivity index (χ4v) is 2.35. The molecule has 0 heterocycles. The van der Waals surface area contributed by atoms with Gasteiger partial charge in [-0.3, -0.25) is 14.4 Å². The topological polar surface area (TPSA) is 63.2 Å². The van der Waals surface area contributed by atoms with E-state index in [-0.39, 0.29) is 11.6 Å². The van der Waals surface area contributed by atoms with Crippen molar-refractivity contribution in [1.82, 2.24) is 0 Å². The first kappa shape index (κ1) is 14.7. The molecule has 0 saturated heterocycles. The van der Waals surface area contributed by atoms with Gasteiger partial charge in [-0.15, -0.1) is 0 Å². The van der Waals surface area contributed by atoms with Crippen molar-refractivity contribution in [1.29, 1.82) is 0 Å². The van der Waals surface area contributed by atoms with Crippen molar-refractivity contribution in [2.24, 2.45) is 5.92 Å². The maximum Gasteiger partial charge on any atom is 0.175 e. The zero-order valence-corrected chi connectivity index (χ0v) is 12.4. The second kappa shape index (κ2) is 6.61. The third-order valence-corrected chi connectivity index (χ3v) is 3.65. The molecule has 0 bridgehead atoms. The molecular weight excluding hydrogens is 322 g/mol. The van der Waals surface area contributed by atoms with Crippen molar-refractivity contribution in [3.05, 3.63) is 41.0 Å². The summed E-state index contributed by atoms with van der Waals surface area (Å²) in [6, 6.07) is 7.42. The smallest absolute Gasteiger partial charge is 0.175 e. The van der Waals surface area contributed by atoms with Crippen molar-refractivity contribution < 1.29 is 14.4 Å². The Bertz CT molecular complexity index is 547. The third-order valence-electron chi connectivity index (χ3n) is 3.12. The van der Waals surface area contributed by atoms with Gasteiger partial charge in [0.25, 0.3) is 0 Å². The third kappa shape index (κ3) is 3.63. The van der Waals surface area contributed by atoms with Gasteiger partial charge < -0.3 is 5.32 Å². The van der Waals surface area contributed by atoms with E-state index in [9.17, 15) is 14.4 Å². The summed E-state index contributed by atoms with van der Waals surface area (Å²) in [4.78, 5) is 35.1. The standard InChI is InChI=1S/C15H14BrNO3/c16-10-4-6-11(7-5-10)17-9-8-14(20)15-12(18)2-1-3-13(15)19/h4-9,15,17H,1-3H2. The summed E-state index contributed by atoms with van der Waals surface area (Å²) >= 11 is 3.33. The maximum atomic E-state index is 11.9. The summed E-state index contributed by atoms with van der Waals surface area (Å²) in [5.41, 5.74) is 0.818. The van der Waals surface area contributed by atoms with Crippen molar-refractivity contribution >= 4 is 39.0 Å². The van der Waals surface area contributed by atoms with Crippen LogP contribution in [0.5, 0.6) is 0 Å². The Hall–Kier alpha value is -1.75. The molecule has 1 fully saturated rings. The number of rotatable bonds is 4. The Kier molecular flexibility index (Phi) is 4.84. The lowest BCUT2D eigenvalue weighted by Crippen LogP contribution is -2.34. The number of Topliss-reactive ketones (excluding diaryl/α,β-unsaturated/α-hetero) is 2. The van der Waals surface area contributed by atoms with E-state index in [1.165, 1.54) is 12.3 Å². The fourth-order valence-electron chi connectivity index (χ4n) is 2.08. The van der Waals surface area contributed by atoms with Crippen molar-refractivity contribution in [2.75, 3.05) is 5.32 Å². The predicted molar refractivity (Wildman–Crippen MR) is 79.3 cm³/mol. The lowest BCUT2D eigenvalue weighted by molar-refractivity contribution is -0.140. The van der Waals surface area contributed by atoms with Crippen LogP contribution in [0.2, 0.25) is 0 Å². The van der Waals surface area contributed by atoms with E-state index in [0.717, 1.165) is 10.2 Å². The molecule has 0 unspecified atom stereocenters. The van der Waals surface area contributed by atoms with Crippen molar-refractivity contribution in [3.63, 3.8) is 0 Å². The van der Waals surface area contributed by atoms with E-state index < -0.39 is 11.7 Å². The first-order chi connectivity index (χ1) is 9.58. The number of anilines is 1. The van der Waals surface area contributed by atoms with Gasteiger partial charge in [0.05, 0.1) is 0 Å². The van der Waals surface area contributed by atoms with Crippen LogP contribution in [0.3, 0.4) is 0 Å². The monoisotopic (exact) mass is 335 g/mol. The molecule has 20 heavy (non-hydrogen) atoms. The number of allylic oxidation sites excluding steroid dienone is 1. The fraction of sp³-hybridized carbons (Fsp3) is 0.267. The molecule has 1 aromatic rings. The molecule has 0 aromatic heterocycles. The number of carbonyl (C=O) groups excluding carboxylic acids is 3. The minimum absolute atomic E-state index is 0.264. The molecule has 2 rings (SSSR count). The summed E-state index contributed by atoms with van der Waals surface area (Å²) in [6.07, 6.45) is 3.91. The molecule has 4 nitrogen and oxygen atoms in total. The highest BCUT2D eigenvalue weighted by atomic mass is 79.9. The Morgan fingerprint density at radius 3 is 2.35 bits per heavy atom. The van der Waals surface area contributed by atoms with Gasteiger partial charge in [-0.05, 0) is 36.8 Å². The number of carbonyl (C=O) groups is 3. The van der Waals surface area contributed by atoms with Crippen LogP contribution in [-0.2, 0) is 14.4 Å². The van der Waals surface area contributed by atoms with Gasteiger partial charge >= 0.3 is 0 Å². The summed E-state index contributed by atoms with van der Waals surface area (Å²) in [5.74, 6) is -2.06. The number of nitrogens with one attached hydrogen (secondary N) is 1. The van der Waals surface area contributed by atoms with Gasteiger partial charge in [0.1, 0.15) is 5.92 Å². The molecule has 0 aliphatic heterocycles. The van der Waals surface area contributed by atoms with E-state index in [2.05, 4.69) is 21.2 Å². The molecule has 1 N–H and O–H groups in total. The van der Waals surface area contributed by atoms with Gasteiger partial charge in [0.15, 0.2) is 17.3 Å². The summed E-state index contributed by atoms with van der Waals surface area (Å²) in [7, 11) is 0. The van der Waals surface area contributed by atoms with Crippen LogP contribution in [0.15, 0.2) is 41.0 Å². The number of ketones is 3. The van der Waals surface area contributed by atoms with Gasteiger partial charge in [-0.2, -0.15) is 0 Å². The second-order valence-electron chi connectivity index (χ2n) is 4.61. The molecule has 1 aliphatic carbocycles. The summed E-state index contributed by atoms with van der Waals surface area (Å²) in [6.45, 7) is 0. The molecule has 0 spiro atoms. The van der Waals surface area contributed by atoms with Crippen LogP contribution in [0.1, 0.15) is 19.3 Å². The molecule has 104 valence electrons. The minimum Gasteiger partial charge on any atom is -0.362 e. The van der Waals surface area contributed by atoms with Crippen LogP contribution < -0.4 is 5.32 Å². The van der Waals surface area contributed by atoms with Crippen LogP contribution in [0.4, 0.5) is 5.69 Å². The SMILES string of the molecule is O=C(C=CNc1ccc(Br)cc1)C1C(=O)CCCC1=O. The Morgan fingerprint density at radius 1 is 1.15 bits per heavy atom. The van der Waals surface area contributed by atoms with Crippen molar-refractivity contribution in [3.8, 4) is 0 Å². The first-order valence-electron chi connectivity index (χ1n) is 6.36. The first-order valence-corrected chi connectivity index (χ1v) is 7.15. The summed E-state index contributed by atoms with van der Waals surface area (Å²) in [5, 5.41) is 2.93.